The molecule has 7 heteroatoms. The van der Waals surface area contributed by atoms with Crippen molar-refractivity contribution in [2.45, 2.75) is 45.3 Å². The van der Waals surface area contributed by atoms with Crippen LogP contribution in [0.15, 0.2) is 18.2 Å². The lowest BCUT2D eigenvalue weighted by molar-refractivity contribution is -0.146. The summed E-state index contributed by atoms with van der Waals surface area (Å²) in [4.78, 5) is 28.0. The first-order valence-corrected chi connectivity index (χ1v) is 11.2. The van der Waals surface area contributed by atoms with Crippen LogP contribution in [0, 0.1) is 17.8 Å². The van der Waals surface area contributed by atoms with Gasteiger partial charge in [0.25, 0.3) is 5.91 Å². The first-order chi connectivity index (χ1) is 14.5. The fraction of sp³-hybridized carbons (Fsp3) is 0.652. The zero-order valence-corrected chi connectivity index (χ0v) is 18.2. The molecule has 164 valence electrons. The topological polar surface area (TPSA) is 79.9 Å². The molecule has 30 heavy (non-hydrogen) atoms. The summed E-state index contributed by atoms with van der Waals surface area (Å²) in [5.74, 6) is 1.64. The van der Waals surface area contributed by atoms with E-state index < -0.39 is 5.72 Å². The standard InChI is InChI=1S/C23H33N3O4/c1-4-26(5-2)11-10-24-21(27)19-12-16-7-6-15(19)14-23(16)25-22(28)18-9-8-17(29-3)13-20(18)30-23/h8-9,13,15-16,19H,4-7,10-12,14H2,1-3H3,(H,24,27)(H,25,28)/t15-,16+,19+,23+/m1/s1. The van der Waals surface area contributed by atoms with Crippen molar-refractivity contribution >= 4 is 11.8 Å². The lowest BCUT2D eigenvalue weighted by atomic mass is 9.60. The van der Waals surface area contributed by atoms with E-state index >= 15 is 0 Å². The van der Waals surface area contributed by atoms with E-state index in [9.17, 15) is 9.59 Å². The molecule has 0 saturated heterocycles. The van der Waals surface area contributed by atoms with Crippen LogP contribution in [0.25, 0.3) is 0 Å². The number of benzene rings is 1. The monoisotopic (exact) mass is 415 g/mol. The second-order valence-corrected chi connectivity index (χ2v) is 8.71. The second-order valence-electron chi connectivity index (χ2n) is 8.71. The Hall–Kier alpha value is -2.28. The van der Waals surface area contributed by atoms with Gasteiger partial charge < -0.3 is 25.0 Å². The highest BCUT2D eigenvalue weighted by Gasteiger charge is 2.57. The summed E-state index contributed by atoms with van der Waals surface area (Å²) < 4.78 is 11.7. The molecule has 1 aliphatic heterocycles. The zero-order valence-electron chi connectivity index (χ0n) is 18.2. The molecule has 0 aromatic heterocycles. The summed E-state index contributed by atoms with van der Waals surface area (Å²) in [7, 11) is 1.60. The molecular formula is C23H33N3O4. The molecule has 2 N–H and O–H groups in total. The van der Waals surface area contributed by atoms with Gasteiger partial charge >= 0.3 is 0 Å². The number of carbonyl (C=O) groups excluding carboxylic acids is 2. The van der Waals surface area contributed by atoms with Gasteiger partial charge in [-0.05, 0) is 50.4 Å². The second kappa shape index (κ2) is 8.46. The number of hydrogen-bond acceptors (Lipinski definition) is 5. The molecule has 3 aliphatic carbocycles. The summed E-state index contributed by atoms with van der Waals surface area (Å²) >= 11 is 0. The number of nitrogens with one attached hydrogen (secondary N) is 2. The van der Waals surface area contributed by atoms with E-state index in [1.54, 1.807) is 25.3 Å². The predicted molar refractivity (Wildman–Crippen MR) is 114 cm³/mol. The van der Waals surface area contributed by atoms with Crippen LogP contribution >= 0.6 is 0 Å². The van der Waals surface area contributed by atoms with Crippen LogP contribution in [-0.4, -0.2) is 55.7 Å². The number of ether oxygens (including phenoxy) is 2. The average molecular weight is 416 g/mol. The smallest absolute Gasteiger partial charge is 0.258 e. The highest BCUT2D eigenvalue weighted by atomic mass is 16.5. The van der Waals surface area contributed by atoms with Crippen molar-refractivity contribution in [3.05, 3.63) is 23.8 Å². The Balaban J connectivity index is 1.44. The summed E-state index contributed by atoms with van der Waals surface area (Å²) in [5.41, 5.74) is -0.175. The van der Waals surface area contributed by atoms with Gasteiger partial charge in [-0.15, -0.1) is 0 Å². The van der Waals surface area contributed by atoms with E-state index in [1.165, 1.54) is 0 Å². The van der Waals surface area contributed by atoms with E-state index in [0.29, 0.717) is 30.0 Å². The summed E-state index contributed by atoms with van der Waals surface area (Å²) in [6.07, 6.45) is 3.40. The Kier molecular flexibility index (Phi) is 5.91. The summed E-state index contributed by atoms with van der Waals surface area (Å²) in [6.45, 7) is 7.81. The first kappa shape index (κ1) is 21.0. The highest BCUT2D eigenvalue weighted by Crippen LogP contribution is 2.52. The molecule has 4 atom stereocenters. The van der Waals surface area contributed by atoms with Crippen LogP contribution in [0.2, 0.25) is 0 Å². The molecule has 7 nitrogen and oxygen atoms in total. The number of carbonyl (C=O) groups is 2. The van der Waals surface area contributed by atoms with Gasteiger partial charge in [0.2, 0.25) is 5.91 Å². The minimum absolute atomic E-state index is 0.00159. The van der Waals surface area contributed by atoms with E-state index in [4.69, 9.17) is 9.47 Å². The van der Waals surface area contributed by atoms with Crippen molar-refractivity contribution in [1.29, 1.82) is 0 Å². The number of hydrogen-bond donors (Lipinski definition) is 2. The molecule has 2 bridgehead atoms. The minimum atomic E-state index is -0.711. The van der Waals surface area contributed by atoms with Gasteiger partial charge in [0.15, 0.2) is 5.72 Å². The largest absolute Gasteiger partial charge is 0.497 e. The predicted octanol–water partition coefficient (Wildman–Crippen LogP) is 2.41. The van der Waals surface area contributed by atoms with Gasteiger partial charge in [0.05, 0.1) is 12.7 Å². The fourth-order valence-corrected chi connectivity index (χ4v) is 5.45. The first-order valence-electron chi connectivity index (χ1n) is 11.2. The molecule has 3 fully saturated rings. The van der Waals surface area contributed by atoms with Crippen molar-refractivity contribution in [3.8, 4) is 11.5 Å². The third-order valence-electron chi connectivity index (χ3n) is 7.23. The van der Waals surface area contributed by atoms with Crippen molar-refractivity contribution in [2.24, 2.45) is 17.8 Å². The number of amides is 2. The van der Waals surface area contributed by atoms with Crippen molar-refractivity contribution in [2.75, 3.05) is 33.3 Å². The third kappa shape index (κ3) is 3.75. The molecule has 1 spiro atoms. The van der Waals surface area contributed by atoms with Crippen LogP contribution in [0.3, 0.4) is 0 Å². The van der Waals surface area contributed by atoms with Crippen LogP contribution in [0.5, 0.6) is 11.5 Å². The van der Waals surface area contributed by atoms with E-state index in [1.807, 2.05) is 0 Å². The average Bonchev–Trinajstić information content (AvgIpc) is 2.76. The normalized spacial score (nSPS) is 29.3. The zero-order chi connectivity index (χ0) is 21.3. The van der Waals surface area contributed by atoms with Gasteiger partial charge in [0, 0.05) is 37.4 Å². The van der Waals surface area contributed by atoms with E-state index in [0.717, 1.165) is 38.9 Å². The quantitative estimate of drug-likeness (QED) is 0.715. The van der Waals surface area contributed by atoms with Gasteiger partial charge in [0.1, 0.15) is 11.5 Å². The number of methoxy groups -OCH3 is 1. The van der Waals surface area contributed by atoms with Gasteiger partial charge in [-0.2, -0.15) is 0 Å². The van der Waals surface area contributed by atoms with Crippen LogP contribution in [-0.2, 0) is 4.79 Å². The lowest BCUT2D eigenvalue weighted by Gasteiger charge is -2.55. The number of likely N-dealkylation sites (N-methyl/N-ethyl adjacent to an activating group) is 1. The van der Waals surface area contributed by atoms with Crippen LogP contribution in [0.1, 0.15) is 49.9 Å². The Morgan fingerprint density at radius 3 is 2.80 bits per heavy atom. The summed E-state index contributed by atoms with van der Waals surface area (Å²) in [5, 5.41) is 6.29. The van der Waals surface area contributed by atoms with Crippen LogP contribution < -0.4 is 20.1 Å². The Morgan fingerprint density at radius 2 is 2.13 bits per heavy atom. The molecule has 5 rings (SSSR count). The minimum Gasteiger partial charge on any atom is -0.497 e. The Bertz CT molecular complexity index is 810. The maximum Gasteiger partial charge on any atom is 0.258 e. The summed E-state index contributed by atoms with van der Waals surface area (Å²) in [6, 6.07) is 5.30. The molecule has 2 amide bonds. The van der Waals surface area contributed by atoms with Gasteiger partial charge in [-0.1, -0.05) is 13.8 Å². The molecule has 1 aromatic rings. The van der Waals surface area contributed by atoms with Crippen molar-refractivity contribution in [3.63, 3.8) is 0 Å². The Morgan fingerprint density at radius 1 is 1.33 bits per heavy atom. The number of fused-ring (bicyclic) bond motifs is 3. The molecule has 0 unspecified atom stereocenters. The molecule has 4 aliphatic rings. The Labute approximate surface area is 178 Å². The maximum atomic E-state index is 12.9. The SMILES string of the molecule is CCN(CC)CCNC(=O)[C@H]1C[C@@H]2CC[C@@H]1C[C@@]21NC(=O)c2ccc(OC)cc2O1. The van der Waals surface area contributed by atoms with Crippen LogP contribution in [0.4, 0.5) is 0 Å². The van der Waals surface area contributed by atoms with E-state index in [-0.39, 0.29) is 29.6 Å². The lowest BCUT2D eigenvalue weighted by Crippen LogP contribution is -2.67. The third-order valence-corrected chi connectivity index (χ3v) is 7.23. The van der Waals surface area contributed by atoms with Gasteiger partial charge in [-0.25, -0.2) is 0 Å². The highest BCUT2D eigenvalue weighted by molar-refractivity contribution is 5.98. The molecule has 3 saturated carbocycles. The number of nitrogens with zero attached hydrogens (tertiary/aromatic N) is 1. The molecule has 1 aromatic carbocycles. The maximum absolute atomic E-state index is 12.9. The van der Waals surface area contributed by atoms with Gasteiger partial charge in [-0.3, -0.25) is 9.59 Å². The van der Waals surface area contributed by atoms with E-state index in [2.05, 4.69) is 29.4 Å². The molecular weight excluding hydrogens is 382 g/mol. The molecule has 0 radical (unpaired) electrons. The molecule has 1 heterocycles. The fourth-order valence-electron chi connectivity index (χ4n) is 5.45. The number of rotatable bonds is 7. The van der Waals surface area contributed by atoms with Crippen molar-refractivity contribution in [1.82, 2.24) is 15.5 Å². The van der Waals surface area contributed by atoms with Crippen molar-refractivity contribution < 1.29 is 19.1 Å².